The zero-order valence-corrected chi connectivity index (χ0v) is 16.2. The maximum Gasteiger partial charge on any atom is 0.281 e. The fraction of sp³-hybridized carbons (Fsp3) is 0.562. The van der Waals surface area contributed by atoms with Gasteiger partial charge in [-0.15, -0.1) is 0 Å². The molecule has 142 valence electrons. The zero-order chi connectivity index (χ0) is 18.9. The van der Waals surface area contributed by atoms with Crippen LogP contribution >= 0.6 is 0 Å². The standard InChI is InChI=1S/C16H24N6O3S/c1-11(2)22-9-14(17-10-22)26(23,24)20-15-12(3)18-16(19-13(15)4)21-5-7-25-8-6-21/h9-11,20H,5-8H2,1-4H3. The van der Waals surface area contributed by atoms with Gasteiger partial charge in [0.05, 0.1) is 36.6 Å². The molecule has 1 aliphatic rings. The lowest BCUT2D eigenvalue weighted by molar-refractivity contribution is 0.122. The minimum Gasteiger partial charge on any atom is -0.378 e. The first-order valence-electron chi connectivity index (χ1n) is 8.52. The van der Waals surface area contributed by atoms with Crippen LogP contribution in [0.3, 0.4) is 0 Å². The van der Waals surface area contributed by atoms with E-state index in [-0.39, 0.29) is 11.1 Å². The van der Waals surface area contributed by atoms with Crippen LogP contribution in [0.1, 0.15) is 31.3 Å². The molecular weight excluding hydrogens is 356 g/mol. The van der Waals surface area contributed by atoms with Gasteiger partial charge in [-0.1, -0.05) is 0 Å². The second-order valence-electron chi connectivity index (χ2n) is 6.53. The lowest BCUT2D eigenvalue weighted by Crippen LogP contribution is -2.37. The Morgan fingerprint density at radius 1 is 1.15 bits per heavy atom. The molecule has 10 heteroatoms. The van der Waals surface area contributed by atoms with E-state index in [1.807, 2.05) is 18.7 Å². The monoisotopic (exact) mass is 380 g/mol. The van der Waals surface area contributed by atoms with Crippen molar-refractivity contribution in [3.63, 3.8) is 0 Å². The number of aryl methyl sites for hydroxylation is 2. The quantitative estimate of drug-likeness (QED) is 0.839. The zero-order valence-electron chi connectivity index (χ0n) is 15.4. The molecule has 2 aromatic heterocycles. The average Bonchev–Trinajstić information content (AvgIpc) is 3.10. The predicted octanol–water partition coefficient (Wildman–Crippen LogP) is 1.51. The first kappa shape index (κ1) is 18.6. The number of sulfonamides is 1. The van der Waals surface area contributed by atoms with Gasteiger partial charge in [-0.05, 0) is 27.7 Å². The summed E-state index contributed by atoms with van der Waals surface area (Å²) in [6.07, 6.45) is 3.03. The number of morpholine rings is 1. The Morgan fingerprint density at radius 2 is 1.77 bits per heavy atom. The van der Waals surface area contributed by atoms with E-state index >= 15 is 0 Å². The Labute approximate surface area is 153 Å². The number of anilines is 2. The van der Waals surface area contributed by atoms with Crippen molar-refractivity contribution in [2.45, 2.75) is 38.8 Å². The Hall–Kier alpha value is -2.20. The van der Waals surface area contributed by atoms with E-state index in [0.29, 0.717) is 36.2 Å². The van der Waals surface area contributed by atoms with Crippen LogP contribution < -0.4 is 9.62 Å². The number of hydrogen-bond donors (Lipinski definition) is 1. The minimum atomic E-state index is -3.80. The largest absolute Gasteiger partial charge is 0.378 e. The molecule has 0 amide bonds. The first-order valence-corrected chi connectivity index (χ1v) is 10.0. The number of aromatic nitrogens is 4. The van der Waals surface area contributed by atoms with Gasteiger partial charge in [0.25, 0.3) is 10.0 Å². The smallest absolute Gasteiger partial charge is 0.281 e. The van der Waals surface area contributed by atoms with Crippen LogP contribution in [0, 0.1) is 13.8 Å². The molecule has 0 radical (unpaired) electrons. The van der Waals surface area contributed by atoms with Crippen LogP contribution in [0.5, 0.6) is 0 Å². The van der Waals surface area contributed by atoms with Crippen molar-refractivity contribution in [2.24, 2.45) is 0 Å². The predicted molar refractivity (Wildman–Crippen MR) is 98.0 cm³/mol. The van der Waals surface area contributed by atoms with Gasteiger partial charge in [-0.25, -0.2) is 15.0 Å². The van der Waals surface area contributed by atoms with Crippen molar-refractivity contribution in [2.75, 3.05) is 35.9 Å². The van der Waals surface area contributed by atoms with Crippen molar-refractivity contribution < 1.29 is 13.2 Å². The molecule has 9 nitrogen and oxygen atoms in total. The highest BCUT2D eigenvalue weighted by Crippen LogP contribution is 2.24. The molecule has 0 aliphatic carbocycles. The molecule has 0 atom stereocenters. The maximum atomic E-state index is 12.7. The lowest BCUT2D eigenvalue weighted by Gasteiger charge is -2.27. The summed E-state index contributed by atoms with van der Waals surface area (Å²) < 4.78 is 35.0. The van der Waals surface area contributed by atoms with E-state index in [2.05, 4.69) is 19.7 Å². The summed E-state index contributed by atoms with van der Waals surface area (Å²) in [4.78, 5) is 15.0. The van der Waals surface area contributed by atoms with E-state index in [0.717, 1.165) is 13.1 Å². The van der Waals surface area contributed by atoms with Crippen LogP contribution in [-0.4, -0.2) is 54.2 Å². The normalized spacial score (nSPS) is 15.5. The first-order chi connectivity index (χ1) is 12.3. The van der Waals surface area contributed by atoms with Gasteiger partial charge in [0, 0.05) is 25.3 Å². The highest BCUT2D eigenvalue weighted by atomic mass is 32.2. The molecule has 1 fully saturated rings. The van der Waals surface area contributed by atoms with Crippen molar-refractivity contribution in [1.29, 1.82) is 0 Å². The summed E-state index contributed by atoms with van der Waals surface area (Å²) in [6.45, 7) is 10.2. The number of nitrogens with one attached hydrogen (secondary N) is 1. The Bertz CT molecular complexity index is 864. The van der Waals surface area contributed by atoms with Gasteiger partial charge in [0.2, 0.25) is 5.95 Å². The summed E-state index contributed by atoms with van der Waals surface area (Å²) in [5.41, 5.74) is 1.54. The third-order valence-corrected chi connectivity index (χ3v) is 5.47. The van der Waals surface area contributed by atoms with Gasteiger partial charge >= 0.3 is 0 Å². The molecule has 26 heavy (non-hydrogen) atoms. The third-order valence-electron chi connectivity index (χ3n) is 4.24. The maximum absolute atomic E-state index is 12.7. The summed E-state index contributed by atoms with van der Waals surface area (Å²) in [7, 11) is -3.80. The van der Waals surface area contributed by atoms with Crippen molar-refractivity contribution in [1.82, 2.24) is 19.5 Å². The summed E-state index contributed by atoms with van der Waals surface area (Å²) in [5.74, 6) is 0.593. The molecule has 1 N–H and O–H groups in total. The topological polar surface area (TPSA) is 102 Å². The molecule has 0 saturated carbocycles. The Balaban J connectivity index is 1.86. The van der Waals surface area contributed by atoms with Gasteiger partial charge < -0.3 is 14.2 Å². The summed E-state index contributed by atoms with van der Waals surface area (Å²) in [5, 5.41) is -0.0257. The number of nitrogens with zero attached hydrogens (tertiary/aromatic N) is 5. The van der Waals surface area contributed by atoms with E-state index in [9.17, 15) is 8.42 Å². The molecule has 2 aromatic rings. The van der Waals surface area contributed by atoms with Crippen molar-refractivity contribution >= 4 is 21.7 Å². The molecule has 1 aliphatic heterocycles. The molecule has 0 aromatic carbocycles. The van der Waals surface area contributed by atoms with E-state index in [4.69, 9.17) is 4.74 Å². The van der Waals surface area contributed by atoms with E-state index in [1.165, 1.54) is 12.5 Å². The highest BCUT2D eigenvalue weighted by Gasteiger charge is 2.23. The molecular formula is C16H24N6O3S. The minimum absolute atomic E-state index is 0.0257. The van der Waals surface area contributed by atoms with Crippen LogP contribution in [0.2, 0.25) is 0 Å². The number of rotatable bonds is 5. The molecule has 3 heterocycles. The van der Waals surface area contributed by atoms with Gasteiger partial charge in [0.15, 0.2) is 5.03 Å². The SMILES string of the molecule is Cc1nc(N2CCOCC2)nc(C)c1NS(=O)(=O)c1cn(C(C)C)cn1. The van der Waals surface area contributed by atoms with Gasteiger partial charge in [0.1, 0.15) is 0 Å². The van der Waals surface area contributed by atoms with Crippen LogP contribution in [0.4, 0.5) is 11.6 Å². The second-order valence-corrected chi connectivity index (χ2v) is 8.16. The Morgan fingerprint density at radius 3 is 2.31 bits per heavy atom. The highest BCUT2D eigenvalue weighted by molar-refractivity contribution is 7.92. The van der Waals surface area contributed by atoms with Gasteiger partial charge in [-0.2, -0.15) is 8.42 Å². The fourth-order valence-corrected chi connectivity index (χ4v) is 3.79. The van der Waals surface area contributed by atoms with Crippen LogP contribution in [0.15, 0.2) is 17.6 Å². The third kappa shape index (κ3) is 3.80. The van der Waals surface area contributed by atoms with Crippen LogP contribution in [-0.2, 0) is 14.8 Å². The van der Waals surface area contributed by atoms with Crippen LogP contribution in [0.25, 0.3) is 0 Å². The molecule has 0 unspecified atom stereocenters. The van der Waals surface area contributed by atoms with E-state index in [1.54, 1.807) is 18.4 Å². The average molecular weight is 380 g/mol. The summed E-state index contributed by atoms with van der Waals surface area (Å²) in [6, 6.07) is 0.131. The van der Waals surface area contributed by atoms with Gasteiger partial charge in [-0.3, -0.25) is 4.72 Å². The number of hydrogen-bond acceptors (Lipinski definition) is 7. The summed E-state index contributed by atoms with van der Waals surface area (Å²) >= 11 is 0. The lowest BCUT2D eigenvalue weighted by atomic mass is 10.3. The number of ether oxygens (including phenoxy) is 1. The molecule has 0 spiro atoms. The molecule has 3 rings (SSSR count). The Kier molecular flexibility index (Phi) is 5.15. The van der Waals surface area contributed by atoms with Crippen molar-refractivity contribution in [3.05, 3.63) is 23.9 Å². The molecule has 1 saturated heterocycles. The van der Waals surface area contributed by atoms with Crippen molar-refractivity contribution in [3.8, 4) is 0 Å². The molecule has 0 bridgehead atoms. The number of imidazole rings is 1. The van der Waals surface area contributed by atoms with E-state index < -0.39 is 10.0 Å². The fourth-order valence-electron chi connectivity index (χ4n) is 2.68. The second kappa shape index (κ2) is 7.20.